The Morgan fingerprint density at radius 2 is 1.81 bits per heavy atom. The number of nitrogens with zero attached hydrogens (tertiary/aromatic N) is 2. The van der Waals surface area contributed by atoms with Crippen molar-refractivity contribution in [3.63, 3.8) is 0 Å². The van der Waals surface area contributed by atoms with Gasteiger partial charge in [-0.2, -0.15) is 4.98 Å². The van der Waals surface area contributed by atoms with Crippen molar-refractivity contribution in [1.29, 1.82) is 0 Å². The van der Waals surface area contributed by atoms with E-state index in [2.05, 4.69) is 71.4 Å². The van der Waals surface area contributed by atoms with Crippen LogP contribution in [0.25, 0.3) is 0 Å². The summed E-state index contributed by atoms with van der Waals surface area (Å²) < 4.78 is 6.87. The molecule has 2 aromatic rings. The van der Waals surface area contributed by atoms with Gasteiger partial charge in [0.1, 0.15) is 0 Å². The number of rotatable bonds is 4. The molecule has 140 valence electrons. The average molecular weight is 418 g/mol. The van der Waals surface area contributed by atoms with Gasteiger partial charge in [0.2, 0.25) is 5.89 Å². The molecule has 5 rings (SSSR count). The SMILES string of the molecule is CC(C)(C)c1noc(C23CCC(CNc4cccc(Br)c4)(CC2)CC3)n1. The summed E-state index contributed by atoms with van der Waals surface area (Å²) >= 11 is 3.55. The number of anilines is 1. The lowest BCUT2D eigenvalue weighted by molar-refractivity contribution is 0.0322. The molecular weight excluding hydrogens is 390 g/mol. The van der Waals surface area contributed by atoms with Crippen LogP contribution in [-0.2, 0) is 10.8 Å². The monoisotopic (exact) mass is 417 g/mol. The van der Waals surface area contributed by atoms with Gasteiger partial charge in [0, 0.05) is 27.5 Å². The highest BCUT2D eigenvalue weighted by Gasteiger charge is 2.52. The summed E-state index contributed by atoms with van der Waals surface area (Å²) in [5.41, 5.74) is 1.67. The van der Waals surface area contributed by atoms with E-state index in [-0.39, 0.29) is 10.8 Å². The Balaban J connectivity index is 1.44. The van der Waals surface area contributed by atoms with E-state index in [9.17, 15) is 0 Å². The minimum absolute atomic E-state index is 0.0562. The summed E-state index contributed by atoms with van der Waals surface area (Å²) in [6.45, 7) is 7.47. The zero-order valence-corrected chi connectivity index (χ0v) is 17.5. The molecule has 0 aliphatic heterocycles. The fourth-order valence-electron chi connectivity index (χ4n) is 4.48. The molecule has 1 aromatic carbocycles. The standard InChI is InChI=1S/C21H28BrN3O/c1-19(2,3)17-24-18(26-25-17)21-10-7-20(8-11-21,9-12-21)14-23-16-6-4-5-15(22)13-16/h4-6,13,23H,7-12,14H2,1-3H3. The fraction of sp³-hybridized carbons (Fsp3) is 0.619. The summed E-state index contributed by atoms with van der Waals surface area (Å²) in [7, 11) is 0. The molecule has 5 heteroatoms. The van der Waals surface area contributed by atoms with E-state index in [1.165, 1.54) is 44.2 Å². The van der Waals surface area contributed by atoms with Crippen LogP contribution in [-0.4, -0.2) is 16.7 Å². The van der Waals surface area contributed by atoms with Gasteiger partial charge >= 0.3 is 0 Å². The van der Waals surface area contributed by atoms with Crippen LogP contribution in [0.4, 0.5) is 5.69 Å². The quantitative estimate of drug-likeness (QED) is 0.678. The normalized spacial score (nSPS) is 28.3. The second-order valence-electron chi connectivity index (χ2n) is 9.32. The van der Waals surface area contributed by atoms with Crippen molar-refractivity contribution in [3.05, 3.63) is 40.5 Å². The summed E-state index contributed by atoms with van der Waals surface area (Å²) in [6, 6.07) is 8.44. The molecule has 0 atom stereocenters. The second-order valence-corrected chi connectivity index (χ2v) is 10.2. The number of hydrogen-bond acceptors (Lipinski definition) is 4. The summed E-state index contributed by atoms with van der Waals surface area (Å²) in [6.07, 6.45) is 7.21. The van der Waals surface area contributed by atoms with E-state index < -0.39 is 0 Å². The molecule has 26 heavy (non-hydrogen) atoms. The molecular formula is C21H28BrN3O. The predicted molar refractivity (Wildman–Crippen MR) is 107 cm³/mol. The summed E-state index contributed by atoms with van der Waals surface area (Å²) in [4.78, 5) is 4.80. The molecule has 1 N–H and O–H groups in total. The first-order valence-corrected chi connectivity index (χ1v) is 10.4. The third-order valence-electron chi connectivity index (χ3n) is 6.44. The van der Waals surface area contributed by atoms with Crippen molar-refractivity contribution >= 4 is 21.6 Å². The van der Waals surface area contributed by atoms with Gasteiger partial charge in [-0.3, -0.25) is 0 Å². The van der Waals surface area contributed by atoms with Gasteiger partial charge in [0.05, 0.1) is 0 Å². The smallest absolute Gasteiger partial charge is 0.232 e. The van der Waals surface area contributed by atoms with E-state index in [4.69, 9.17) is 9.51 Å². The first-order valence-electron chi connectivity index (χ1n) is 9.65. The molecule has 3 fully saturated rings. The van der Waals surface area contributed by atoms with Crippen molar-refractivity contribution in [1.82, 2.24) is 10.1 Å². The Labute approximate surface area is 164 Å². The number of aromatic nitrogens is 2. The van der Waals surface area contributed by atoms with Crippen LogP contribution in [0.3, 0.4) is 0 Å². The Hall–Kier alpha value is -1.36. The minimum Gasteiger partial charge on any atom is -0.384 e. The van der Waals surface area contributed by atoms with Crippen LogP contribution in [0.1, 0.15) is 71.0 Å². The first kappa shape index (κ1) is 18.0. The zero-order valence-electron chi connectivity index (χ0n) is 15.9. The lowest BCUT2D eigenvalue weighted by Crippen LogP contribution is -2.47. The van der Waals surface area contributed by atoms with E-state index in [1.807, 2.05) is 0 Å². The van der Waals surface area contributed by atoms with Gasteiger partial charge in [-0.05, 0) is 62.1 Å². The highest BCUT2D eigenvalue weighted by molar-refractivity contribution is 9.10. The molecule has 0 spiro atoms. The molecule has 1 aromatic heterocycles. The summed E-state index contributed by atoms with van der Waals surface area (Å²) in [5, 5.41) is 7.94. The number of nitrogens with one attached hydrogen (secondary N) is 1. The molecule has 0 radical (unpaired) electrons. The van der Waals surface area contributed by atoms with Crippen molar-refractivity contribution in [2.75, 3.05) is 11.9 Å². The van der Waals surface area contributed by atoms with E-state index in [0.29, 0.717) is 5.41 Å². The molecule has 0 unspecified atom stereocenters. The van der Waals surface area contributed by atoms with E-state index in [0.717, 1.165) is 22.7 Å². The zero-order chi connectivity index (χ0) is 18.4. The van der Waals surface area contributed by atoms with Gasteiger partial charge in [-0.1, -0.05) is 47.9 Å². The molecule has 3 saturated carbocycles. The summed E-state index contributed by atoms with van der Waals surface area (Å²) in [5.74, 6) is 1.72. The predicted octanol–water partition coefficient (Wildman–Crippen LogP) is 5.83. The van der Waals surface area contributed by atoms with Crippen LogP contribution >= 0.6 is 15.9 Å². The van der Waals surface area contributed by atoms with Crippen LogP contribution in [0, 0.1) is 5.41 Å². The highest BCUT2D eigenvalue weighted by Crippen LogP contribution is 2.57. The van der Waals surface area contributed by atoms with Crippen LogP contribution < -0.4 is 5.32 Å². The first-order chi connectivity index (χ1) is 12.3. The Morgan fingerprint density at radius 3 is 2.38 bits per heavy atom. The maximum absolute atomic E-state index is 5.74. The third kappa shape index (κ3) is 3.30. The number of benzene rings is 1. The molecule has 3 aliphatic rings. The molecule has 2 bridgehead atoms. The largest absolute Gasteiger partial charge is 0.384 e. The molecule has 3 aliphatic carbocycles. The lowest BCUT2D eigenvalue weighted by Gasteiger charge is -2.52. The van der Waals surface area contributed by atoms with Crippen LogP contribution in [0.15, 0.2) is 33.3 Å². The highest BCUT2D eigenvalue weighted by atomic mass is 79.9. The third-order valence-corrected chi connectivity index (χ3v) is 6.94. The maximum atomic E-state index is 5.74. The Bertz CT molecular complexity index is 768. The fourth-order valence-corrected chi connectivity index (χ4v) is 4.88. The minimum atomic E-state index is -0.0562. The van der Waals surface area contributed by atoms with Gasteiger partial charge < -0.3 is 9.84 Å². The molecule has 0 amide bonds. The molecule has 1 heterocycles. The number of fused-ring (bicyclic) bond motifs is 3. The van der Waals surface area contributed by atoms with Gasteiger partial charge in [-0.15, -0.1) is 0 Å². The van der Waals surface area contributed by atoms with E-state index in [1.54, 1.807) is 0 Å². The average Bonchev–Trinajstić information content (AvgIpc) is 3.13. The number of halogens is 1. The van der Waals surface area contributed by atoms with Crippen molar-refractivity contribution in [3.8, 4) is 0 Å². The van der Waals surface area contributed by atoms with Crippen molar-refractivity contribution < 1.29 is 4.52 Å². The van der Waals surface area contributed by atoms with Gasteiger partial charge in [0.25, 0.3) is 0 Å². The van der Waals surface area contributed by atoms with Crippen LogP contribution in [0.2, 0.25) is 0 Å². The molecule has 4 nitrogen and oxygen atoms in total. The van der Waals surface area contributed by atoms with Gasteiger partial charge in [-0.25, -0.2) is 0 Å². The molecule has 0 saturated heterocycles. The lowest BCUT2D eigenvalue weighted by atomic mass is 9.53. The van der Waals surface area contributed by atoms with Crippen LogP contribution in [0.5, 0.6) is 0 Å². The second kappa shape index (κ2) is 6.36. The maximum Gasteiger partial charge on any atom is 0.232 e. The topological polar surface area (TPSA) is 51.0 Å². The van der Waals surface area contributed by atoms with Crippen molar-refractivity contribution in [2.24, 2.45) is 5.41 Å². The van der Waals surface area contributed by atoms with E-state index >= 15 is 0 Å². The Kier molecular flexibility index (Phi) is 4.41. The van der Waals surface area contributed by atoms with Gasteiger partial charge in [0.15, 0.2) is 5.82 Å². The number of hydrogen-bond donors (Lipinski definition) is 1. The Morgan fingerprint density at radius 1 is 1.12 bits per heavy atom. The van der Waals surface area contributed by atoms with Crippen molar-refractivity contribution in [2.45, 2.75) is 70.1 Å².